The van der Waals surface area contributed by atoms with Crippen LogP contribution in [0.1, 0.15) is 22.7 Å². The molecule has 3 aromatic rings. The molecule has 0 aliphatic rings. The van der Waals surface area contributed by atoms with Crippen LogP contribution in [0.25, 0.3) is 5.69 Å². The number of aromatic nitrogens is 3. The molecule has 0 radical (unpaired) electrons. The van der Waals surface area contributed by atoms with Gasteiger partial charge in [0.1, 0.15) is 5.76 Å². The van der Waals surface area contributed by atoms with Gasteiger partial charge < -0.3 is 9.84 Å². The second kappa shape index (κ2) is 6.19. The first-order chi connectivity index (χ1) is 11.4. The van der Waals surface area contributed by atoms with Crippen molar-refractivity contribution >= 4 is 17.5 Å². The smallest absolute Gasteiger partial charge is 0.325 e. The Hall–Kier alpha value is -3.09. The van der Waals surface area contributed by atoms with Crippen molar-refractivity contribution in [1.29, 1.82) is 0 Å². The third kappa shape index (κ3) is 3.15. The second-order valence-electron chi connectivity index (χ2n) is 5.70. The number of aryl methyl sites for hydroxylation is 3. The zero-order chi connectivity index (χ0) is 17.3. The summed E-state index contributed by atoms with van der Waals surface area (Å²) in [4.78, 5) is 12.1. The largest absolute Gasteiger partial charge is 0.360 e. The fourth-order valence-electron chi connectivity index (χ4n) is 2.45. The van der Waals surface area contributed by atoms with Gasteiger partial charge in [0.2, 0.25) is 0 Å². The Morgan fingerprint density at radius 2 is 1.79 bits per heavy atom. The van der Waals surface area contributed by atoms with E-state index in [-0.39, 0.29) is 0 Å². The van der Waals surface area contributed by atoms with Crippen molar-refractivity contribution in [2.45, 2.75) is 27.7 Å². The molecule has 0 aliphatic carbocycles. The van der Waals surface area contributed by atoms with E-state index in [1.165, 1.54) is 5.56 Å². The van der Waals surface area contributed by atoms with E-state index in [4.69, 9.17) is 4.52 Å². The monoisotopic (exact) mass is 325 g/mol. The molecule has 0 spiro atoms. The molecule has 0 fully saturated rings. The third-order valence-corrected chi connectivity index (χ3v) is 3.68. The van der Waals surface area contributed by atoms with Crippen LogP contribution in [0.5, 0.6) is 0 Å². The van der Waals surface area contributed by atoms with Gasteiger partial charge in [-0.15, -0.1) is 0 Å². The lowest BCUT2D eigenvalue weighted by Crippen LogP contribution is -2.20. The predicted molar refractivity (Wildman–Crippen MR) is 91.7 cm³/mol. The predicted octanol–water partition coefficient (Wildman–Crippen LogP) is 3.74. The van der Waals surface area contributed by atoms with Gasteiger partial charge >= 0.3 is 6.03 Å². The van der Waals surface area contributed by atoms with Gasteiger partial charge in [0, 0.05) is 6.07 Å². The lowest BCUT2D eigenvalue weighted by atomic mass is 10.2. The Kier molecular flexibility index (Phi) is 4.07. The minimum absolute atomic E-state index is 0.367. The number of nitrogens with zero attached hydrogens (tertiary/aromatic N) is 3. The molecule has 3 rings (SSSR count). The number of rotatable bonds is 3. The summed E-state index contributed by atoms with van der Waals surface area (Å²) in [6.45, 7) is 7.56. The second-order valence-corrected chi connectivity index (χ2v) is 5.70. The van der Waals surface area contributed by atoms with Crippen LogP contribution < -0.4 is 10.6 Å². The van der Waals surface area contributed by atoms with Crippen molar-refractivity contribution < 1.29 is 9.32 Å². The minimum Gasteiger partial charge on any atom is -0.360 e. The number of anilines is 2. The summed E-state index contributed by atoms with van der Waals surface area (Å²) in [6, 6.07) is 9.30. The van der Waals surface area contributed by atoms with E-state index in [1.807, 2.05) is 49.7 Å². The molecule has 1 aromatic carbocycles. The highest BCUT2D eigenvalue weighted by molar-refractivity contribution is 5.99. The molecule has 2 amide bonds. The van der Waals surface area contributed by atoms with Crippen molar-refractivity contribution in [3.05, 3.63) is 53.0 Å². The van der Waals surface area contributed by atoms with Crippen molar-refractivity contribution in [2.24, 2.45) is 0 Å². The summed E-state index contributed by atoms with van der Waals surface area (Å²) in [7, 11) is 0. The molecule has 24 heavy (non-hydrogen) atoms. The Balaban J connectivity index is 1.81. The highest BCUT2D eigenvalue weighted by Crippen LogP contribution is 2.23. The van der Waals surface area contributed by atoms with Crippen molar-refractivity contribution in [3.8, 4) is 5.69 Å². The van der Waals surface area contributed by atoms with Crippen molar-refractivity contribution in [2.75, 3.05) is 10.6 Å². The molecule has 2 aromatic heterocycles. The number of hydrogen-bond acceptors (Lipinski definition) is 4. The van der Waals surface area contributed by atoms with E-state index in [9.17, 15) is 4.79 Å². The molecule has 124 valence electrons. The van der Waals surface area contributed by atoms with Gasteiger partial charge in [-0.1, -0.05) is 22.9 Å². The quantitative estimate of drug-likeness (QED) is 0.768. The van der Waals surface area contributed by atoms with Crippen molar-refractivity contribution in [1.82, 2.24) is 14.9 Å². The summed E-state index contributed by atoms with van der Waals surface area (Å²) in [5.41, 5.74) is 4.39. The highest BCUT2D eigenvalue weighted by Gasteiger charge is 2.16. The summed E-state index contributed by atoms with van der Waals surface area (Å²) in [6.07, 6.45) is 0. The van der Waals surface area contributed by atoms with Crippen LogP contribution in [-0.4, -0.2) is 21.0 Å². The van der Waals surface area contributed by atoms with Crippen LogP contribution in [0.4, 0.5) is 16.3 Å². The summed E-state index contributed by atoms with van der Waals surface area (Å²) >= 11 is 0. The Bertz CT molecular complexity index is 877. The van der Waals surface area contributed by atoms with Gasteiger partial charge in [-0.25, -0.2) is 9.48 Å². The zero-order valence-electron chi connectivity index (χ0n) is 14.0. The molecule has 2 N–H and O–H groups in total. The first-order valence-electron chi connectivity index (χ1n) is 7.58. The number of benzene rings is 1. The maximum absolute atomic E-state index is 12.1. The third-order valence-electron chi connectivity index (χ3n) is 3.68. The summed E-state index contributed by atoms with van der Waals surface area (Å²) in [5, 5.41) is 13.7. The van der Waals surface area contributed by atoms with Crippen LogP contribution in [0, 0.1) is 27.7 Å². The first kappa shape index (κ1) is 15.8. The van der Waals surface area contributed by atoms with Crippen molar-refractivity contribution in [3.63, 3.8) is 0 Å². The molecule has 7 nitrogen and oxygen atoms in total. The van der Waals surface area contributed by atoms with Gasteiger partial charge in [-0.3, -0.25) is 5.32 Å². The molecular weight excluding hydrogens is 306 g/mol. The number of hydrogen-bond donors (Lipinski definition) is 2. The maximum Gasteiger partial charge on any atom is 0.325 e. The average molecular weight is 325 g/mol. The Morgan fingerprint density at radius 3 is 2.42 bits per heavy atom. The minimum atomic E-state index is -0.391. The lowest BCUT2D eigenvalue weighted by molar-refractivity contribution is 0.262. The number of carbonyl (C=O) groups is 1. The fraction of sp³-hybridized carbons (Fsp3) is 0.235. The Labute approximate surface area is 139 Å². The van der Waals surface area contributed by atoms with E-state index in [0.717, 1.165) is 17.1 Å². The van der Waals surface area contributed by atoms with Crippen LogP contribution in [0.15, 0.2) is 34.9 Å². The number of urea groups is 1. The van der Waals surface area contributed by atoms with Gasteiger partial charge in [0.25, 0.3) is 0 Å². The first-order valence-corrected chi connectivity index (χ1v) is 7.58. The number of carbonyl (C=O) groups excluding carboxylic acids is 1. The molecule has 0 aliphatic heterocycles. The molecule has 0 unspecified atom stereocenters. The maximum atomic E-state index is 12.1. The molecule has 0 bridgehead atoms. The lowest BCUT2D eigenvalue weighted by Gasteiger charge is -2.07. The van der Waals surface area contributed by atoms with E-state index in [0.29, 0.717) is 17.3 Å². The van der Waals surface area contributed by atoms with E-state index in [2.05, 4.69) is 20.9 Å². The van der Waals surface area contributed by atoms with Crippen LogP contribution in [-0.2, 0) is 0 Å². The molecular formula is C17H19N5O2. The number of nitrogens with one attached hydrogen (secondary N) is 2. The van der Waals surface area contributed by atoms with Gasteiger partial charge in [0.05, 0.1) is 22.8 Å². The van der Waals surface area contributed by atoms with Crippen LogP contribution >= 0.6 is 0 Å². The molecule has 2 heterocycles. The fourth-order valence-corrected chi connectivity index (χ4v) is 2.45. The van der Waals surface area contributed by atoms with Gasteiger partial charge in [0.15, 0.2) is 5.82 Å². The zero-order valence-corrected chi connectivity index (χ0v) is 14.0. The van der Waals surface area contributed by atoms with Gasteiger partial charge in [-0.05, 0) is 39.8 Å². The number of amides is 2. The molecule has 0 saturated heterocycles. The molecule has 7 heteroatoms. The SMILES string of the molecule is Cc1ccc(-n2nc(C)c(NC(=O)Nc3cc(C)on3)c2C)cc1. The average Bonchev–Trinajstić information content (AvgIpc) is 3.06. The molecule has 0 saturated carbocycles. The highest BCUT2D eigenvalue weighted by atomic mass is 16.5. The molecule has 0 atom stereocenters. The van der Waals surface area contributed by atoms with Crippen LogP contribution in [0.3, 0.4) is 0 Å². The van der Waals surface area contributed by atoms with E-state index < -0.39 is 6.03 Å². The van der Waals surface area contributed by atoms with E-state index in [1.54, 1.807) is 13.0 Å². The van der Waals surface area contributed by atoms with Gasteiger partial charge in [-0.2, -0.15) is 5.10 Å². The van der Waals surface area contributed by atoms with Crippen LogP contribution in [0.2, 0.25) is 0 Å². The topological polar surface area (TPSA) is 85.0 Å². The van der Waals surface area contributed by atoms with E-state index >= 15 is 0 Å². The normalized spacial score (nSPS) is 10.7. The standard InChI is InChI=1S/C17H19N5O2/c1-10-5-7-14(8-6-10)22-13(4)16(12(3)20-22)19-17(23)18-15-9-11(2)24-21-15/h5-9H,1-4H3,(H2,18,19,21,23). The summed E-state index contributed by atoms with van der Waals surface area (Å²) in [5.74, 6) is 0.996. The summed E-state index contributed by atoms with van der Waals surface area (Å²) < 4.78 is 6.74. The Morgan fingerprint density at radius 1 is 1.08 bits per heavy atom.